The summed E-state index contributed by atoms with van der Waals surface area (Å²) in [6.07, 6.45) is 7.39. The van der Waals surface area contributed by atoms with E-state index < -0.39 is 0 Å². The topological polar surface area (TPSA) is 38.7 Å². The Morgan fingerprint density at radius 3 is 2.88 bits per heavy atom. The van der Waals surface area contributed by atoms with Crippen LogP contribution in [0.5, 0.6) is 0 Å². The minimum atomic E-state index is -0.201. The van der Waals surface area contributed by atoms with Crippen molar-refractivity contribution in [1.29, 1.82) is 0 Å². The number of aliphatic hydroxyl groups excluding tert-OH is 1. The van der Waals surface area contributed by atoms with Crippen LogP contribution in [0.25, 0.3) is 0 Å². The van der Waals surface area contributed by atoms with Crippen LogP contribution < -0.4 is 0 Å². The van der Waals surface area contributed by atoms with Crippen LogP contribution in [0, 0.1) is 5.92 Å². The minimum Gasteiger partial charge on any atom is -0.393 e. The second-order valence-corrected chi connectivity index (χ2v) is 5.61. The maximum absolute atomic E-state index is 10.2. The summed E-state index contributed by atoms with van der Waals surface area (Å²) in [4.78, 5) is 0. The molecule has 1 N–H and O–H groups in total. The molecule has 100 valence electrons. The normalized spacial score (nSPS) is 28.9. The molecule has 1 spiro atoms. The Hall–Kier alpha value is -0.120. The molecule has 2 fully saturated rings. The van der Waals surface area contributed by atoms with Crippen LogP contribution in [0.3, 0.4) is 0 Å². The van der Waals surface area contributed by atoms with Crippen molar-refractivity contribution in [3.63, 3.8) is 0 Å². The fourth-order valence-corrected chi connectivity index (χ4v) is 3.00. The second kappa shape index (κ2) is 6.17. The lowest BCUT2D eigenvalue weighted by atomic mass is 9.70. The van der Waals surface area contributed by atoms with Gasteiger partial charge in [-0.3, -0.25) is 0 Å². The first-order valence-corrected chi connectivity index (χ1v) is 7.15. The van der Waals surface area contributed by atoms with E-state index in [9.17, 15) is 5.11 Å². The fraction of sp³-hybridized carbons (Fsp3) is 1.00. The van der Waals surface area contributed by atoms with E-state index in [1.165, 1.54) is 19.3 Å². The summed E-state index contributed by atoms with van der Waals surface area (Å²) in [5, 5.41) is 10.2. The van der Waals surface area contributed by atoms with E-state index in [0.29, 0.717) is 12.5 Å². The van der Waals surface area contributed by atoms with Gasteiger partial charge >= 0.3 is 0 Å². The van der Waals surface area contributed by atoms with Crippen molar-refractivity contribution < 1.29 is 14.6 Å². The molecule has 0 aromatic rings. The average molecular weight is 242 g/mol. The molecule has 1 saturated carbocycles. The zero-order valence-corrected chi connectivity index (χ0v) is 11.0. The van der Waals surface area contributed by atoms with E-state index in [1.807, 2.05) is 0 Å². The molecule has 0 aromatic carbocycles. The molecule has 1 aliphatic carbocycles. The van der Waals surface area contributed by atoms with Crippen LogP contribution in [-0.2, 0) is 9.47 Å². The standard InChI is InChI=1S/C14H26O3/c1-2-8-16-9-5-13(15)12-4-10-17-14(11-12)6-3-7-14/h12-13,15H,2-11H2,1H3. The maximum atomic E-state index is 10.2. The van der Waals surface area contributed by atoms with Crippen LogP contribution in [0.15, 0.2) is 0 Å². The first-order valence-electron chi connectivity index (χ1n) is 7.15. The quantitative estimate of drug-likeness (QED) is 0.727. The first-order chi connectivity index (χ1) is 8.26. The van der Waals surface area contributed by atoms with Crippen molar-refractivity contribution in [1.82, 2.24) is 0 Å². The van der Waals surface area contributed by atoms with Crippen molar-refractivity contribution in [2.75, 3.05) is 19.8 Å². The van der Waals surface area contributed by atoms with Crippen molar-refractivity contribution in [3.8, 4) is 0 Å². The predicted octanol–water partition coefficient (Wildman–Crippen LogP) is 2.51. The van der Waals surface area contributed by atoms with Gasteiger partial charge in [0.2, 0.25) is 0 Å². The molecule has 2 atom stereocenters. The molecule has 0 bridgehead atoms. The van der Waals surface area contributed by atoms with Crippen molar-refractivity contribution in [2.45, 2.75) is 63.6 Å². The lowest BCUT2D eigenvalue weighted by Crippen LogP contribution is -2.47. The van der Waals surface area contributed by atoms with Gasteiger partial charge < -0.3 is 14.6 Å². The molecule has 0 amide bonds. The summed E-state index contributed by atoms with van der Waals surface area (Å²) in [5.41, 5.74) is 0.147. The molecule has 0 aromatic heterocycles. The summed E-state index contributed by atoms with van der Waals surface area (Å²) in [6, 6.07) is 0. The summed E-state index contributed by atoms with van der Waals surface area (Å²) >= 11 is 0. The second-order valence-electron chi connectivity index (χ2n) is 5.61. The average Bonchev–Trinajstić information content (AvgIpc) is 2.32. The minimum absolute atomic E-state index is 0.147. The van der Waals surface area contributed by atoms with Gasteiger partial charge in [-0.05, 0) is 50.9 Å². The van der Waals surface area contributed by atoms with E-state index >= 15 is 0 Å². The molecule has 3 heteroatoms. The molecular weight excluding hydrogens is 216 g/mol. The van der Waals surface area contributed by atoms with Gasteiger partial charge in [-0.15, -0.1) is 0 Å². The molecule has 1 aliphatic heterocycles. The molecule has 0 radical (unpaired) electrons. The largest absolute Gasteiger partial charge is 0.393 e. The van der Waals surface area contributed by atoms with Gasteiger partial charge in [0.05, 0.1) is 11.7 Å². The van der Waals surface area contributed by atoms with Crippen LogP contribution in [0.1, 0.15) is 51.9 Å². The molecule has 1 heterocycles. The molecule has 2 unspecified atom stereocenters. The Labute approximate surface area is 104 Å². The summed E-state index contributed by atoms with van der Waals surface area (Å²) in [5.74, 6) is 0.425. The number of hydrogen-bond acceptors (Lipinski definition) is 3. The molecule has 1 saturated heterocycles. The third kappa shape index (κ3) is 3.43. The Morgan fingerprint density at radius 1 is 1.41 bits per heavy atom. The maximum Gasteiger partial charge on any atom is 0.0686 e. The van der Waals surface area contributed by atoms with Crippen molar-refractivity contribution in [3.05, 3.63) is 0 Å². The summed E-state index contributed by atoms with van der Waals surface area (Å²) < 4.78 is 11.3. The highest BCUT2D eigenvalue weighted by molar-refractivity contribution is 4.95. The van der Waals surface area contributed by atoms with Crippen LogP contribution >= 0.6 is 0 Å². The van der Waals surface area contributed by atoms with Crippen molar-refractivity contribution >= 4 is 0 Å². The van der Waals surface area contributed by atoms with Gasteiger partial charge in [-0.1, -0.05) is 6.92 Å². The monoisotopic (exact) mass is 242 g/mol. The van der Waals surface area contributed by atoms with Crippen LogP contribution in [-0.4, -0.2) is 36.6 Å². The first kappa shape index (κ1) is 13.3. The lowest BCUT2D eigenvalue weighted by Gasteiger charge is -2.48. The van der Waals surface area contributed by atoms with Gasteiger partial charge in [0.1, 0.15) is 0 Å². The third-order valence-electron chi connectivity index (χ3n) is 4.25. The smallest absolute Gasteiger partial charge is 0.0686 e. The highest BCUT2D eigenvalue weighted by atomic mass is 16.5. The van der Waals surface area contributed by atoms with Gasteiger partial charge in [0, 0.05) is 19.8 Å². The van der Waals surface area contributed by atoms with Gasteiger partial charge in [-0.2, -0.15) is 0 Å². The Balaban J connectivity index is 1.69. The molecule has 2 aliphatic rings. The number of ether oxygens (including phenoxy) is 2. The van der Waals surface area contributed by atoms with E-state index in [4.69, 9.17) is 9.47 Å². The Bertz CT molecular complexity index is 226. The molecule has 17 heavy (non-hydrogen) atoms. The number of rotatable bonds is 6. The molecular formula is C14H26O3. The SMILES string of the molecule is CCCOCCC(O)C1CCOC2(CCC2)C1. The molecule has 3 nitrogen and oxygen atoms in total. The predicted molar refractivity (Wildman–Crippen MR) is 67.0 cm³/mol. The molecule has 2 rings (SSSR count). The van der Waals surface area contributed by atoms with E-state index in [2.05, 4.69) is 6.92 Å². The zero-order chi connectivity index (χ0) is 12.1. The Morgan fingerprint density at radius 2 is 2.24 bits per heavy atom. The number of aliphatic hydroxyl groups is 1. The van der Waals surface area contributed by atoms with E-state index in [1.54, 1.807) is 0 Å². The van der Waals surface area contributed by atoms with Gasteiger partial charge in [-0.25, -0.2) is 0 Å². The van der Waals surface area contributed by atoms with E-state index in [0.717, 1.165) is 38.9 Å². The number of hydrogen-bond donors (Lipinski definition) is 1. The van der Waals surface area contributed by atoms with Gasteiger partial charge in [0.25, 0.3) is 0 Å². The third-order valence-corrected chi connectivity index (χ3v) is 4.25. The van der Waals surface area contributed by atoms with Gasteiger partial charge in [0.15, 0.2) is 0 Å². The highest BCUT2D eigenvalue weighted by Crippen LogP contribution is 2.45. The Kier molecular flexibility index (Phi) is 4.83. The summed E-state index contributed by atoms with van der Waals surface area (Å²) in [6.45, 7) is 4.44. The highest BCUT2D eigenvalue weighted by Gasteiger charge is 2.43. The van der Waals surface area contributed by atoms with E-state index in [-0.39, 0.29) is 11.7 Å². The van der Waals surface area contributed by atoms with Crippen molar-refractivity contribution in [2.24, 2.45) is 5.92 Å². The summed E-state index contributed by atoms with van der Waals surface area (Å²) in [7, 11) is 0. The fourth-order valence-electron chi connectivity index (χ4n) is 3.00. The zero-order valence-electron chi connectivity index (χ0n) is 11.0. The lowest BCUT2D eigenvalue weighted by molar-refractivity contribution is -0.158. The van der Waals surface area contributed by atoms with Crippen LogP contribution in [0.4, 0.5) is 0 Å². The van der Waals surface area contributed by atoms with Crippen LogP contribution in [0.2, 0.25) is 0 Å².